The minimum Gasteiger partial charge on any atom is -0.445 e. The summed E-state index contributed by atoms with van der Waals surface area (Å²) in [6, 6.07) is 7.88. The van der Waals surface area contributed by atoms with Crippen molar-refractivity contribution in [1.82, 2.24) is 10.6 Å². The van der Waals surface area contributed by atoms with E-state index in [1.165, 1.54) is 0 Å². The van der Waals surface area contributed by atoms with Crippen LogP contribution in [0.3, 0.4) is 0 Å². The summed E-state index contributed by atoms with van der Waals surface area (Å²) in [5, 5.41) is 5.47. The molecular weight excluding hydrogens is 396 g/mol. The van der Waals surface area contributed by atoms with E-state index in [0.29, 0.717) is 19.4 Å². The van der Waals surface area contributed by atoms with Crippen LogP contribution in [-0.2, 0) is 25.7 Å². The van der Waals surface area contributed by atoms with Gasteiger partial charge in [-0.1, -0.05) is 65.0 Å². The minimum absolute atomic E-state index is 0.0348. The zero-order valence-corrected chi connectivity index (χ0v) is 19.5. The standard InChI is InChI=1S/C24H38N2O5/c1-6-12-30-16-22(27)20(13-17(2)3)25-23(28)21(14-18(4)5)26-24(29)31-15-19-10-8-7-9-11-19/h7-11,17-18,20-21H,6,12-16H2,1-5H3,(H,25,28)(H,26,29)/t20-,21-/m0/s1. The van der Waals surface area contributed by atoms with Crippen LogP contribution in [-0.4, -0.2) is 43.1 Å². The fraction of sp³-hybridized carbons (Fsp3) is 0.625. The smallest absolute Gasteiger partial charge is 0.408 e. The van der Waals surface area contributed by atoms with Gasteiger partial charge in [-0.15, -0.1) is 0 Å². The van der Waals surface area contributed by atoms with Gasteiger partial charge in [0.25, 0.3) is 0 Å². The Labute approximate surface area is 186 Å². The number of hydrogen-bond acceptors (Lipinski definition) is 5. The molecule has 0 radical (unpaired) electrons. The topological polar surface area (TPSA) is 93.7 Å². The highest BCUT2D eigenvalue weighted by atomic mass is 16.5. The van der Waals surface area contributed by atoms with E-state index in [4.69, 9.17) is 9.47 Å². The average Bonchev–Trinajstić information content (AvgIpc) is 2.71. The predicted molar refractivity (Wildman–Crippen MR) is 121 cm³/mol. The molecule has 2 atom stereocenters. The lowest BCUT2D eigenvalue weighted by molar-refractivity contribution is -0.131. The lowest BCUT2D eigenvalue weighted by Crippen LogP contribution is -2.53. The summed E-state index contributed by atoms with van der Waals surface area (Å²) in [4.78, 5) is 37.8. The highest BCUT2D eigenvalue weighted by Crippen LogP contribution is 2.10. The first-order valence-electron chi connectivity index (χ1n) is 11.1. The van der Waals surface area contributed by atoms with E-state index in [2.05, 4.69) is 10.6 Å². The second-order valence-electron chi connectivity index (χ2n) is 8.60. The van der Waals surface area contributed by atoms with Gasteiger partial charge in [0, 0.05) is 6.61 Å². The van der Waals surface area contributed by atoms with Crippen molar-refractivity contribution < 1.29 is 23.9 Å². The summed E-state index contributed by atoms with van der Waals surface area (Å²) in [6.45, 7) is 10.5. The van der Waals surface area contributed by atoms with Crippen LogP contribution in [0.15, 0.2) is 30.3 Å². The van der Waals surface area contributed by atoms with Gasteiger partial charge in [0.1, 0.15) is 19.3 Å². The molecule has 2 amide bonds. The maximum atomic E-state index is 12.9. The van der Waals surface area contributed by atoms with Gasteiger partial charge in [-0.3, -0.25) is 9.59 Å². The van der Waals surface area contributed by atoms with Crippen molar-refractivity contribution >= 4 is 17.8 Å². The lowest BCUT2D eigenvalue weighted by Gasteiger charge is -2.24. The molecule has 0 heterocycles. The molecule has 0 aliphatic rings. The third-order valence-electron chi connectivity index (χ3n) is 4.53. The van der Waals surface area contributed by atoms with Gasteiger partial charge in [-0.2, -0.15) is 0 Å². The second-order valence-corrected chi connectivity index (χ2v) is 8.60. The first-order valence-corrected chi connectivity index (χ1v) is 11.1. The van der Waals surface area contributed by atoms with Gasteiger partial charge in [0.05, 0.1) is 6.04 Å². The number of hydrogen-bond donors (Lipinski definition) is 2. The maximum absolute atomic E-state index is 12.9. The molecule has 1 rings (SSSR count). The van der Waals surface area contributed by atoms with Crippen molar-refractivity contribution in [3.63, 3.8) is 0 Å². The first kappa shape index (κ1) is 26.6. The van der Waals surface area contributed by atoms with Crippen molar-refractivity contribution in [1.29, 1.82) is 0 Å². The molecule has 7 heteroatoms. The number of alkyl carbamates (subject to hydrolysis) is 1. The summed E-state index contributed by atoms with van der Waals surface area (Å²) in [5.41, 5.74) is 0.859. The van der Waals surface area contributed by atoms with Crippen LogP contribution in [0.4, 0.5) is 4.79 Å². The third-order valence-corrected chi connectivity index (χ3v) is 4.53. The second kappa shape index (κ2) is 14.6. The van der Waals surface area contributed by atoms with E-state index in [9.17, 15) is 14.4 Å². The number of carbonyl (C=O) groups is 3. The molecule has 0 unspecified atom stereocenters. The van der Waals surface area contributed by atoms with E-state index in [0.717, 1.165) is 12.0 Å². The minimum atomic E-state index is -0.790. The normalized spacial score (nSPS) is 13.0. The molecule has 0 spiro atoms. The Morgan fingerprint density at radius 3 is 2.10 bits per heavy atom. The predicted octanol–water partition coefficient (Wildman–Crippen LogP) is 3.85. The Morgan fingerprint density at radius 2 is 1.52 bits per heavy atom. The van der Waals surface area contributed by atoms with Crippen LogP contribution in [0, 0.1) is 11.8 Å². The van der Waals surface area contributed by atoms with Gasteiger partial charge in [0.2, 0.25) is 5.91 Å². The van der Waals surface area contributed by atoms with E-state index < -0.39 is 18.2 Å². The third kappa shape index (κ3) is 11.5. The maximum Gasteiger partial charge on any atom is 0.408 e. The number of carbonyl (C=O) groups excluding carboxylic acids is 3. The largest absolute Gasteiger partial charge is 0.445 e. The van der Waals surface area contributed by atoms with Gasteiger partial charge in [-0.05, 0) is 36.7 Å². The molecule has 1 aromatic carbocycles. The summed E-state index contributed by atoms with van der Waals surface area (Å²) in [5.74, 6) is -0.171. The molecule has 0 aliphatic carbocycles. The number of ether oxygens (including phenoxy) is 2. The van der Waals surface area contributed by atoms with Crippen LogP contribution in [0.1, 0.15) is 59.4 Å². The van der Waals surface area contributed by atoms with Crippen LogP contribution in [0.25, 0.3) is 0 Å². The molecule has 0 aliphatic heterocycles. The molecule has 174 valence electrons. The lowest BCUT2D eigenvalue weighted by atomic mass is 9.98. The fourth-order valence-corrected chi connectivity index (χ4v) is 3.04. The quantitative estimate of drug-likeness (QED) is 0.434. The first-order chi connectivity index (χ1) is 14.7. The Bertz CT molecular complexity index is 676. The van der Waals surface area contributed by atoms with Crippen molar-refractivity contribution in [3.05, 3.63) is 35.9 Å². The molecule has 0 saturated carbocycles. The molecule has 2 N–H and O–H groups in total. The van der Waals surface area contributed by atoms with Crippen molar-refractivity contribution in [2.24, 2.45) is 11.8 Å². The van der Waals surface area contributed by atoms with E-state index in [1.807, 2.05) is 65.0 Å². The van der Waals surface area contributed by atoms with Crippen LogP contribution >= 0.6 is 0 Å². The van der Waals surface area contributed by atoms with E-state index >= 15 is 0 Å². The summed E-state index contributed by atoms with van der Waals surface area (Å²) in [7, 11) is 0. The number of ketones is 1. The molecular formula is C24H38N2O5. The fourth-order valence-electron chi connectivity index (χ4n) is 3.04. The van der Waals surface area contributed by atoms with Crippen molar-refractivity contribution in [3.8, 4) is 0 Å². The summed E-state index contributed by atoms with van der Waals surface area (Å²) < 4.78 is 10.6. The molecule has 0 bridgehead atoms. The molecule has 1 aromatic rings. The van der Waals surface area contributed by atoms with Crippen LogP contribution in [0.5, 0.6) is 0 Å². The van der Waals surface area contributed by atoms with Gasteiger partial charge < -0.3 is 20.1 Å². The van der Waals surface area contributed by atoms with Crippen LogP contribution < -0.4 is 10.6 Å². The van der Waals surface area contributed by atoms with Crippen molar-refractivity contribution in [2.75, 3.05) is 13.2 Å². The molecule has 7 nitrogen and oxygen atoms in total. The monoisotopic (exact) mass is 434 g/mol. The molecule has 0 fully saturated rings. The average molecular weight is 435 g/mol. The highest BCUT2D eigenvalue weighted by molar-refractivity contribution is 5.92. The zero-order chi connectivity index (χ0) is 23.2. The molecule has 0 saturated heterocycles. The van der Waals surface area contributed by atoms with Crippen molar-refractivity contribution in [2.45, 2.75) is 72.6 Å². The Balaban J connectivity index is 2.73. The number of nitrogens with one attached hydrogen (secondary N) is 2. The Hall–Kier alpha value is -2.41. The number of amides is 2. The molecule has 0 aromatic heterocycles. The Kier molecular flexibility index (Phi) is 12.5. The Morgan fingerprint density at radius 1 is 0.903 bits per heavy atom. The number of rotatable bonds is 14. The highest BCUT2D eigenvalue weighted by Gasteiger charge is 2.28. The van der Waals surface area contributed by atoms with E-state index in [1.54, 1.807) is 0 Å². The van der Waals surface area contributed by atoms with E-state index in [-0.39, 0.29) is 36.7 Å². The zero-order valence-electron chi connectivity index (χ0n) is 19.5. The number of benzene rings is 1. The molecule has 31 heavy (non-hydrogen) atoms. The number of Topliss-reactive ketones (excluding diaryl/α,β-unsaturated/α-hetero) is 1. The summed E-state index contributed by atoms with van der Waals surface area (Å²) in [6.07, 6.45) is 1.09. The van der Waals surface area contributed by atoms with Crippen LogP contribution in [0.2, 0.25) is 0 Å². The van der Waals surface area contributed by atoms with Gasteiger partial charge in [0.15, 0.2) is 5.78 Å². The van der Waals surface area contributed by atoms with Gasteiger partial charge in [-0.25, -0.2) is 4.79 Å². The summed E-state index contributed by atoms with van der Waals surface area (Å²) >= 11 is 0. The SMILES string of the molecule is CCCOCC(=O)[C@H](CC(C)C)NC(=O)[C@H](CC(C)C)NC(=O)OCc1ccccc1. The van der Waals surface area contributed by atoms with Gasteiger partial charge >= 0.3 is 6.09 Å².